The fourth-order valence-electron chi connectivity index (χ4n) is 3.35. The minimum Gasteiger partial charge on any atom is -0.377 e. The van der Waals surface area contributed by atoms with E-state index in [1.807, 2.05) is 0 Å². The molecule has 0 rings (SSSR count). The lowest BCUT2D eigenvalue weighted by Gasteiger charge is -2.24. The largest absolute Gasteiger partial charge is 0.500 e. The zero-order valence-corrected chi connectivity index (χ0v) is 18.5. The Kier molecular flexibility index (Phi) is 17.5. The first-order valence-electron chi connectivity index (χ1n) is 10.5. The van der Waals surface area contributed by atoms with Crippen LogP contribution in [0.1, 0.15) is 96.8 Å². The van der Waals surface area contributed by atoms with Crippen LogP contribution in [0.2, 0.25) is 6.04 Å². The summed E-state index contributed by atoms with van der Waals surface area (Å²) in [6.07, 6.45) is 18.4. The predicted molar refractivity (Wildman–Crippen MR) is 110 cm³/mol. The van der Waals surface area contributed by atoms with Crippen molar-refractivity contribution >= 4 is 8.80 Å². The highest BCUT2D eigenvalue weighted by molar-refractivity contribution is 6.60. The molecule has 5 heteroatoms. The molecule has 4 nitrogen and oxygen atoms in total. The second kappa shape index (κ2) is 17.5. The quantitative estimate of drug-likeness (QED) is 0.233. The summed E-state index contributed by atoms with van der Waals surface area (Å²) in [6.45, 7) is 2.28. The number of hydrogen-bond donors (Lipinski definition) is 1. The molecule has 0 aliphatic heterocycles. The van der Waals surface area contributed by atoms with Crippen LogP contribution in [0.25, 0.3) is 0 Å². The molecule has 0 spiro atoms. The van der Waals surface area contributed by atoms with Gasteiger partial charge in [-0.05, 0) is 19.3 Å². The van der Waals surface area contributed by atoms with Crippen molar-refractivity contribution in [1.29, 1.82) is 0 Å². The van der Waals surface area contributed by atoms with Gasteiger partial charge in [-0.2, -0.15) is 0 Å². The maximum atomic E-state index is 6.24. The van der Waals surface area contributed by atoms with Gasteiger partial charge in [-0.3, -0.25) is 0 Å². The standard InChI is InChI=1S/C20H45NO3Si/c1-5-6-7-8-9-10-11-12-13-14-15-17-20(21)18-16-19-25(22-2,23-3)24-4/h20H,5-19,21H2,1-4H3. The molecule has 25 heavy (non-hydrogen) atoms. The number of unbranched alkanes of at least 4 members (excludes halogenated alkanes) is 10. The van der Waals surface area contributed by atoms with E-state index in [2.05, 4.69) is 6.92 Å². The summed E-state index contributed by atoms with van der Waals surface area (Å²) in [4.78, 5) is 0. The van der Waals surface area contributed by atoms with E-state index in [9.17, 15) is 0 Å². The Balaban J connectivity index is 3.42. The molecule has 0 saturated carbocycles. The van der Waals surface area contributed by atoms with Crippen LogP contribution in [0.15, 0.2) is 0 Å². The topological polar surface area (TPSA) is 53.7 Å². The molecule has 1 unspecified atom stereocenters. The van der Waals surface area contributed by atoms with Crippen molar-refractivity contribution in [2.75, 3.05) is 21.3 Å². The maximum absolute atomic E-state index is 6.24. The van der Waals surface area contributed by atoms with Crippen LogP contribution in [0, 0.1) is 0 Å². The third-order valence-electron chi connectivity index (χ3n) is 5.17. The summed E-state index contributed by atoms with van der Waals surface area (Å²) in [5, 5.41) is 0. The fraction of sp³-hybridized carbons (Fsp3) is 1.00. The van der Waals surface area contributed by atoms with Gasteiger partial charge in [0.15, 0.2) is 0 Å². The van der Waals surface area contributed by atoms with Gasteiger partial charge in [0, 0.05) is 33.4 Å². The highest BCUT2D eigenvalue weighted by Gasteiger charge is 2.36. The van der Waals surface area contributed by atoms with Crippen molar-refractivity contribution in [3.05, 3.63) is 0 Å². The van der Waals surface area contributed by atoms with Crippen LogP contribution in [0.3, 0.4) is 0 Å². The van der Waals surface area contributed by atoms with E-state index in [1.165, 1.54) is 70.6 Å². The van der Waals surface area contributed by atoms with Crippen LogP contribution in [0.5, 0.6) is 0 Å². The zero-order valence-electron chi connectivity index (χ0n) is 17.5. The predicted octanol–water partition coefficient (Wildman–Crippen LogP) is 5.67. The fourth-order valence-corrected chi connectivity index (χ4v) is 5.10. The van der Waals surface area contributed by atoms with Crippen LogP contribution in [-0.4, -0.2) is 36.2 Å². The van der Waals surface area contributed by atoms with Crippen molar-refractivity contribution in [1.82, 2.24) is 0 Å². The number of rotatable bonds is 19. The van der Waals surface area contributed by atoms with E-state index >= 15 is 0 Å². The van der Waals surface area contributed by atoms with Gasteiger partial charge in [-0.1, -0.05) is 77.6 Å². The lowest BCUT2D eigenvalue weighted by Crippen LogP contribution is -2.42. The van der Waals surface area contributed by atoms with Crippen molar-refractivity contribution in [2.45, 2.75) is 109 Å². The molecule has 0 aromatic heterocycles. The molecular weight excluding hydrogens is 330 g/mol. The number of hydrogen-bond acceptors (Lipinski definition) is 4. The van der Waals surface area contributed by atoms with Gasteiger partial charge < -0.3 is 19.0 Å². The Morgan fingerprint density at radius 1 is 0.640 bits per heavy atom. The lowest BCUT2D eigenvalue weighted by molar-refractivity contribution is 0.122. The molecule has 0 aliphatic carbocycles. The van der Waals surface area contributed by atoms with Gasteiger partial charge in [0.1, 0.15) is 0 Å². The van der Waals surface area contributed by atoms with E-state index < -0.39 is 8.80 Å². The Bertz CT molecular complexity index is 267. The second-order valence-corrected chi connectivity index (χ2v) is 10.4. The van der Waals surface area contributed by atoms with Gasteiger partial charge in [-0.15, -0.1) is 0 Å². The third-order valence-corrected chi connectivity index (χ3v) is 8.00. The van der Waals surface area contributed by atoms with Crippen molar-refractivity contribution in [3.63, 3.8) is 0 Å². The van der Waals surface area contributed by atoms with Crippen LogP contribution < -0.4 is 5.73 Å². The van der Waals surface area contributed by atoms with E-state index in [0.717, 1.165) is 25.3 Å². The third kappa shape index (κ3) is 13.9. The summed E-state index contributed by atoms with van der Waals surface area (Å²) in [5.41, 5.74) is 6.24. The van der Waals surface area contributed by atoms with Gasteiger partial charge in [0.05, 0.1) is 0 Å². The van der Waals surface area contributed by atoms with Crippen molar-refractivity contribution < 1.29 is 13.3 Å². The van der Waals surface area contributed by atoms with E-state index in [0.29, 0.717) is 6.04 Å². The molecule has 0 bridgehead atoms. The van der Waals surface area contributed by atoms with Crippen LogP contribution in [-0.2, 0) is 13.3 Å². The molecule has 0 radical (unpaired) electrons. The molecule has 0 saturated heterocycles. The monoisotopic (exact) mass is 375 g/mol. The van der Waals surface area contributed by atoms with Crippen LogP contribution >= 0.6 is 0 Å². The molecule has 2 N–H and O–H groups in total. The SMILES string of the molecule is CCCCCCCCCCCCCC(N)CCC[Si](OC)(OC)OC. The Morgan fingerprint density at radius 3 is 1.48 bits per heavy atom. The smallest absolute Gasteiger partial charge is 0.377 e. The molecule has 1 atom stereocenters. The first-order valence-corrected chi connectivity index (χ1v) is 12.5. The van der Waals surface area contributed by atoms with Gasteiger partial charge in [-0.25, -0.2) is 0 Å². The highest BCUT2D eigenvalue weighted by Crippen LogP contribution is 2.18. The first kappa shape index (κ1) is 25.1. The van der Waals surface area contributed by atoms with Crippen LogP contribution in [0.4, 0.5) is 0 Å². The zero-order chi connectivity index (χ0) is 18.8. The van der Waals surface area contributed by atoms with E-state index in [4.69, 9.17) is 19.0 Å². The molecular formula is C20H45NO3Si. The summed E-state index contributed by atoms with van der Waals surface area (Å²) in [5.74, 6) is 0. The molecule has 0 aromatic carbocycles. The van der Waals surface area contributed by atoms with E-state index in [-0.39, 0.29) is 0 Å². The lowest BCUT2D eigenvalue weighted by atomic mass is 10.0. The van der Waals surface area contributed by atoms with Crippen molar-refractivity contribution in [3.8, 4) is 0 Å². The average Bonchev–Trinajstić information content (AvgIpc) is 2.63. The molecule has 0 aromatic rings. The summed E-state index contributed by atoms with van der Waals surface area (Å²) in [6, 6.07) is 1.15. The first-order chi connectivity index (χ1) is 12.1. The normalized spacial score (nSPS) is 13.3. The molecule has 0 amide bonds. The minimum atomic E-state index is -2.41. The van der Waals surface area contributed by atoms with Gasteiger partial charge in [0.25, 0.3) is 0 Å². The average molecular weight is 376 g/mol. The van der Waals surface area contributed by atoms with Gasteiger partial charge in [0.2, 0.25) is 0 Å². The Morgan fingerprint density at radius 2 is 1.04 bits per heavy atom. The Labute approximate surface area is 158 Å². The minimum absolute atomic E-state index is 0.302. The highest BCUT2D eigenvalue weighted by atomic mass is 28.4. The van der Waals surface area contributed by atoms with E-state index in [1.54, 1.807) is 21.3 Å². The van der Waals surface area contributed by atoms with Crippen molar-refractivity contribution in [2.24, 2.45) is 5.73 Å². The molecule has 0 heterocycles. The maximum Gasteiger partial charge on any atom is 0.500 e. The Hall–Kier alpha value is 0.0569. The second-order valence-electron chi connectivity index (χ2n) is 7.27. The number of nitrogens with two attached hydrogens (primary N) is 1. The molecule has 152 valence electrons. The molecule has 0 aliphatic rings. The molecule has 0 fully saturated rings. The summed E-state index contributed by atoms with van der Waals surface area (Å²) < 4.78 is 16.3. The summed E-state index contributed by atoms with van der Waals surface area (Å²) in [7, 11) is 2.61. The van der Waals surface area contributed by atoms with Gasteiger partial charge >= 0.3 is 8.80 Å². The summed E-state index contributed by atoms with van der Waals surface area (Å²) >= 11 is 0.